The smallest absolute Gasteiger partial charge is 0.187 e. The van der Waals surface area contributed by atoms with Crippen molar-refractivity contribution in [1.29, 1.82) is 0 Å². The van der Waals surface area contributed by atoms with Crippen LogP contribution in [-0.2, 0) is 18.9 Å². The van der Waals surface area contributed by atoms with Gasteiger partial charge >= 0.3 is 0 Å². The van der Waals surface area contributed by atoms with Crippen molar-refractivity contribution >= 4 is 0 Å². The van der Waals surface area contributed by atoms with Crippen molar-refractivity contribution in [3.05, 3.63) is 0 Å². The van der Waals surface area contributed by atoms with Gasteiger partial charge in [0, 0.05) is 7.11 Å². The Morgan fingerprint density at radius 3 is 1.71 bits per heavy atom. The molecule has 2 aliphatic heterocycles. The molecule has 0 aliphatic carbocycles. The zero-order chi connectivity index (χ0) is 18.0. The Labute approximate surface area is 137 Å². The number of methoxy groups -OCH3 is 1. The Kier molecular flexibility index (Phi) is 6.87. The summed E-state index contributed by atoms with van der Waals surface area (Å²) in [6.07, 6.45) is -14.3. The maximum atomic E-state index is 10.2. The van der Waals surface area contributed by atoms with Crippen LogP contribution in [0.25, 0.3) is 0 Å². The fourth-order valence-corrected chi connectivity index (χ4v) is 2.73. The van der Waals surface area contributed by atoms with Crippen LogP contribution in [0.3, 0.4) is 0 Å². The standard InChI is InChI=1S/C13H24O11/c1-21-13-11(9(19)7(17)5(3-15)23-13)24-12-10(20)8(18)6(16)4(2-14)22-12/h4-20H,2-3H2,1H3/t4?,5?,6-,7-,8+,9+,10?,11?,12-,13+/m1/s1. The highest BCUT2D eigenvalue weighted by atomic mass is 16.8. The van der Waals surface area contributed by atoms with Gasteiger partial charge in [0.25, 0.3) is 0 Å². The predicted molar refractivity (Wildman–Crippen MR) is 73.4 cm³/mol. The van der Waals surface area contributed by atoms with E-state index in [0.717, 1.165) is 0 Å². The number of aliphatic hydroxyl groups excluding tert-OH is 7. The predicted octanol–water partition coefficient (Wildman–Crippen LogP) is -4.74. The van der Waals surface area contributed by atoms with Crippen molar-refractivity contribution in [2.75, 3.05) is 20.3 Å². The summed E-state index contributed by atoms with van der Waals surface area (Å²) in [5, 5.41) is 67.8. The molecule has 4 unspecified atom stereocenters. The van der Waals surface area contributed by atoms with Gasteiger partial charge in [-0.1, -0.05) is 0 Å². The summed E-state index contributed by atoms with van der Waals surface area (Å²) in [4.78, 5) is 0. The lowest BCUT2D eigenvalue weighted by atomic mass is 9.97. The van der Waals surface area contributed by atoms with Crippen molar-refractivity contribution < 1.29 is 54.7 Å². The Hall–Kier alpha value is -0.440. The van der Waals surface area contributed by atoms with E-state index in [1.807, 2.05) is 0 Å². The molecule has 2 fully saturated rings. The van der Waals surface area contributed by atoms with Crippen molar-refractivity contribution in [2.45, 2.75) is 61.4 Å². The Morgan fingerprint density at radius 1 is 0.708 bits per heavy atom. The number of hydrogen-bond donors (Lipinski definition) is 7. The van der Waals surface area contributed by atoms with Crippen LogP contribution in [0.15, 0.2) is 0 Å². The third kappa shape index (κ3) is 3.71. The normalized spacial score (nSPS) is 50.0. The van der Waals surface area contributed by atoms with Gasteiger partial charge in [-0.15, -0.1) is 0 Å². The molecule has 2 saturated heterocycles. The Balaban J connectivity index is 2.12. The topological polar surface area (TPSA) is 179 Å². The minimum atomic E-state index is -1.68. The molecule has 10 atom stereocenters. The fraction of sp³-hybridized carbons (Fsp3) is 1.00. The SMILES string of the molecule is CO[C@H]1OC(CO)[C@@H](O)[C@H](O)C1O[C@H]1OC(CO)[C@@H](O)[C@H](O)C1O. The van der Waals surface area contributed by atoms with E-state index in [1.54, 1.807) is 0 Å². The highest BCUT2D eigenvalue weighted by Crippen LogP contribution is 2.29. The molecule has 0 aromatic heterocycles. The first kappa shape index (κ1) is 19.9. The molecular weight excluding hydrogens is 332 g/mol. The first-order chi connectivity index (χ1) is 11.3. The van der Waals surface area contributed by atoms with Gasteiger partial charge in [-0.3, -0.25) is 0 Å². The van der Waals surface area contributed by atoms with Crippen LogP contribution in [-0.4, -0.2) is 117 Å². The largest absolute Gasteiger partial charge is 0.394 e. The minimum Gasteiger partial charge on any atom is -0.394 e. The highest BCUT2D eigenvalue weighted by Gasteiger charge is 2.50. The maximum absolute atomic E-state index is 10.2. The van der Waals surface area contributed by atoms with Gasteiger partial charge in [0.15, 0.2) is 12.6 Å². The molecule has 2 rings (SSSR count). The molecule has 0 aromatic carbocycles. The quantitative estimate of drug-likeness (QED) is 0.251. The zero-order valence-electron chi connectivity index (χ0n) is 13.0. The monoisotopic (exact) mass is 356 g/mol. The average molecular weight is 356 g/mol. The molecule has 11 nitrogen and oxygen atoms in total. The molecule has 142 valence electrons. The molecule has 2 aliphatic rings. The third-order valence-corrected chi connectivity index (χ3v) is 4.20. The van der Waals surface area contributed by atoms with E-state index in [2.05, 4.69) is 0 Å². The highest BCUT2D eigenvalue weighted by molar-refractivity contribution is 4.93. The lowest BCUT2D eigenvalue weighted by Gasteiger charge is -2.45. The van der Waals surface area contributed by atoms with Crippen LogP contribution in [0.1, 0.15) is 0 Å². The number of rotatable bonds is 5. The second kappa shape index (κ2) is 8.29. The molecule has 2 heterocycles. The van der Waals surface area contributed by atoms with Crippen molar-refractivity contribution in [3.8, 4) is 0 Å². The van der Waals surface area contributed by atoms with Gasteiger partial charge in [-0.25, -0.2) is 0 Å². The molecule has 0 bridgehead atoms. The van der Waals surface area contributed by atoms with Gasteiger partial charge in [0.05, 0.1) is 13.2 Å². The fourth-order valence-electron chi connectivity index (χ4n) is 2.73. The van der Waals surface area contributed by atoms with Gasteiger partial charge in [-0.05, 0) is 0 Å². The van der Waals surface area contributed by atoms with Crippen molar-refractivity contribution in [1.82, 2.24) is 0 Å². The van der Waals surface area contributed by atoms with E-state index in [-0.39, 0.29) is 0 Å². The summed E-state index contributed by atoms with van der Waals surface area (Å²) in [6.45, 7) is -1.21. The van der Waals surface area contributed by atoms with E-state index in [4.69, 9.17) is 29.2 Å². The molecule has 24 heavy (non-hydrogen) atoms. The summed E-state index contributed by atoms with van der Waals surface area (Å²) >= 11 is 0. The van der Waals surface area contributed by atoms with E-state index in [1.165, 1.54) is 7.11 Å². The Morgan fingerprint density at radius 2 is 1.21 bits per heavy atom. The van der Waals surface area contributed by atoms with Crippen molar-refractivity contribution in [3.63, 3.8) is 0 Å². The molecule has 7 N–H and O–H groups in total. The van der Waals surface area contributed by atoms with E-state index >= 15 is 0 Å². The summed E-state index contributed by atoms with van der Waals surface area (Å²) in [7, 11) is 1.24. The van der Waals surface area contributed by atoms with Crippen LogP contribution in [0.5, 0.6) is 0 Å². The second-order valence-corrected chi connectivity index (χ2v) is 5.74. The first-order valence-corrected chi connectivity index (χ1v) is 7.46. The van der Waals surface area contributed by atoms with Crippen LogP contribution in [0.2, 0.25) is 0 Å². The zero-order valence-corrected chi connectivity index (χ0v) is 13.0. The minimum absolute atomic E-state index is 0.565. The summed E-state index contributed by atoms with van der Waals surface area (Å²) < 4.78 is 20.8. The summed E-state index contributed by atoms with van der Waals surface area (Å²) in [5.41, 5.74) is 0. The van der Waals surface area contributed by atoms with Gasteiger partial charge in [-0.2, -0.15) is 0 Å². The molecule has 0 saturated carbocycles. The Bertz CT molecular complexity index is 392. The summed E-state index contributed by atoms with van der Waals surface area (Å²) in [5.74, 6) is 0. The first-order valence-electron chi connectivity index (χ1n) is 7.46. The number of hydrogen-bond acceptors (Lipinski definition) is 11. The molecule has 0 spiro atoms. The van der Waals surface area contributed by atoms with E-state index in [9.17, 15) is 25.5 Å². The maximum Gasteiger partial charge on any atom is 0.187 e. The number of aliphatic hydroxyl groups is 7. The van der Waals surface area contributed by atoms with Crippen LogP contribution < -0.4 is 0 Å². The lowest BCUT2D eigenvalue weighted by Crippen LogP contribution is -2.64. The van der Waals surface area contributed by atoms with E-state index < -0.39 is 74.6 Å². The second-order valence-electron chi connectivity index (χ2n) is 5.74. The van der Waals surface area contributed by atoms with Crippen molar-refractivity contribution in [2.24, 2.45) is 0 Å². The van der Waals surface area contributed by atoms with Crippen LogP contribution in [0.4, 0.5) is 0 Å². The van der Waals surface area contributed by atoms with E-state index in [0.29, 0.717) is 0 Å². The molecule has 0 radical (unpaired) electrons. The molecule has 0 aromatic rings. The van der Waals surface area contributed by atoms with Gasteiger partial charge in [0.1, 0.15) is 48.8 Å². The molecule has 0 amide bonds. The average Bonchev–Trinajstić information content (AvgIpc) is 2.59. The summed E-state index contributed by atoms with van der Waals surface area (Å²) in [6, 6.07) is 0. The third-order valence-electron chi connectivity index (χ3n) is 4.20. The molecule has 11 heteroatoms. The van der Waals surface area contributed by atoms with Gasteiger partial charge in [0.2, 0.25) is 0 Å². The van der Waals surface area contributed by atoms with Gasteiger partial charge < -0.3 is 54.7 Å². The lowest BCUT2D eigenvalue weighted by molar-refractivity contribution is -0.364. The van der Waals surface area contributed by atoms with Crippen LogP contribution >= 0.6 is 0 Å². The van der Waals surface area contributed by atoms with Crippen LogP contribution in [0, 0.1) is 0 Å². The molecular formula is C13H24O11. The number of ether oxygens (including phenoxy) is 4.